The van der Waals surface area contributed by atoms with Crippen molar-refractivity contribution in [2.24, 2.45) is 14.1 Å². The molecule has 0 fully saturated rings. The number of imidazole rings is 1. The molecule has 0 saturated carbocycles. The van der Waals surface area contributed by atoms with Crippen molar-refractivity contribution >= 4 is 47.1 Å². The second-order valence-corrected chi connectivity index (χ2v) is 17.0. The first-order valence-corrected chi connectivity index (χ1v) is 16.4. The molecular weight excluding hydrogens is 506 g/mol. The normalized spacial score (nSPS) is 13.8. The molecule has 36 heavy (non-hydrogen) atoms. The Kier molecular flexibility index (Phi) is 6.07. The van der Waals surface area contributed by atoms with Gasteiger partial charge in [0.2, 0.25) is 0 Å². The minimum atomic E-state index is -1.56. The first-order valence-electron chi connectivity index (χ1n) is 11.7. The van der Waals surface area contributed by atoms with E-state index in [1.165, 1.54) is 16.5 Å². The van der Waals surface area contributed by atoms with Crippen molar-refractivity contribution in [2.75, 3.05) is 0 Å². The van der Waals surface area contributed by atoms with Crippen molar-refractivity contribution in [1.82, 2.24) is 14.1 Å². The van der Waals surface area contributed by atoms with Crippen LogP contribution in [0.3, 0.4) is 0 Å². The predicted molar refractivity (Wildman–Crippen MR) is 152 cm³/mol. The van der Waals surface area contributed by atoms with Crippen LogP contribution in [0, 0.1) is 0 Å². The maximum absolute atomic E-state index is 12.9. The molecule has 0 aliphatic carbocycles. The van der Waals surface area contributed by atoms with Crippen molar-refractivity contribution in [3.05, 3.63) is 104 Å². The molecule has 8 heteroatoms. The van der Waals surface area contributed by atoms with E-state index in [1.807, 2.05) is 35.9 Å². The number of hydrogen-bond donors (Lipinski definition) is 1. The maximum atomic E-state index is 12.9. The molecule has 184 valence electrons. The number of aromatic nitrogens is 3. The van der Waals surface area contributed by atoms with E-state index in [9.17, 15) is 9.90 Å². The molecule has 0 saturated heterocycles. The summed E-state index contributed by atoms with van der Waals surface area (Å²) >= 11 is 7.63. The molecule has 0 amide bonds. The number of thiophene rings is 1. The summed E-state index contributed by atoms with van der Waals surface area (Å²) in [6, 6.07) is 19.6. The summed E-state index contributed by atoms with van der Waals surface area (Å²) in [5.41, 5.74) is 2.42. The summed E-state index contributed by atoms with van der Waals surface area (Å²) in [6.45, 7) is 6.94. The van der Waals surface area contributed by atoms with Gasteiger partial charge in [0.1, 0.15) is 0 Å². The van der Waals surface area contributed by atoms with Gasteiger partial charge in [-0.15, -0.1) is 11.3 Å². The number of fused-ring (bicyclic) bond motifs is 1. The van der Waals surface area contributed by atoms with Crippen LogP contribution in [0.1, 0.15) is 16.1 Å². The monoisotopic (exact) mass is 533 g/mol. The second-order valence-electron chi connectivity index (χ2n) is 10.2. The standard InChI is InChI=1S/C28H28ClN3O2SSi/c1-31-17-30-16-24(31)28(34,25-11-12-26(29)35-25)19-9-10-23-22(14-19)21(15-27(33)32(23)2)18-7-6-8-20(13-18)36(3,4)5/h6-17,34H,1-5H3. The zero-order chi connectivity index (χ0) is 25.8. The Morgan fingerprint density at radius 3 is 2.44 bits per heavy atom. The lowest BCUT2D eigenvalue weighted by molar-refractivity contribution is 0.121. The van der Waals surface area contributed by atoms with E-state index < -0.39 is 13.7 Å². The molecular formula is C28H28ClN3O2SSi. The zero-order valence-electron chi connectivity index (χ0n) is 20.9. The average Bonchev–Trinajstić information content (AvgIpc) is 3.48. The van der Waals surface area contributed by atoms with Crippen LogP contribution in [0.4, 0.5) is 0 Å². The Hall–Kier alpha value is -2.97. The first-order chi connectivity index (χ1) is 17.0. The fourth-order valence-electron chi connectivity index (χ4n) is 4.71. The lowest BCUT2D eigenvalue weighted by Crippen LogP contribution is -2.37. The fraction of sp³-hybridized carbons (Fsp3) is 0.214. The number of benzene rings is 2. The van der Waals surface area contributed by atoms with Gasteiger partial charge in [0.15, 0.2) is 5.60 Å². The van der Waals surface area contributed by atoms with Crippen LogP contribution in [0.15, 0.2) is 78.0 Å². The third-order valence-electron chi connectivity index (χ3n) is 6.82. The number of halogens is 1. The van der Waals surface area contributed by atoms with Gasteiger partial charge in [-0.05, 0) is 41.0 Å². The van der Waals surface area contributed by atoms with Gasteiger partial charge >= 0.3 is 0 Å². The van der Waals surface area contributed by atoms with Gasteiger partial charge in [-0.2, -0.15) is 0 Å². The van der Waals surface area contributed by atoms with Crippen molar-refractivity contribution < 1.29 is 5.11 Å². The van der Waals surface area contributed by atoms with E-state index in [-0.39, 0.29) is 5.56 Å². The third-order valence-corrected chi connectivity index (χ3v) is 10.2. The maximum Gasteiger partial charge on any atom is 0.251 e. The quantitative estimate of drug-likeness (QED) is 0.304. The van der Waals surface area contributed by atoms with Gasteiger partial charge in [0.25, 0.3) is 5.56 Å². The summed E-state index contributed by atoms with van der Waals surface area (Å²) in [5.74, 6) is 0. The molecule has 0 aliphatic heterocycles. The zero-order valence-corrected chi connectivity index (χ0v) is 23.5. The topological polar surface area (TPSA) is 60.0 Å². The van der Waals surface area contributed by atoms with Crippen LogP contribution >= 0.6 is 22.9 Å². The van der Waals surface area contributed by atoms with Gasteiger partial charge in [-0.1, -0.05) is 66.8 Å². The van der Waals surface area contributed by atoms with Crippen LogP contribution in [-0.2, 0) is 19.7 Å². The number of aryl methyl sites for hydroxylation is 2. The van der Waals surface area contributed by atoms with Crippen molar-refractivity contribution in [3.63, 3.8) is 0 Å². The van der Waals surface area contributed by atoms with Crippen molar-refractivity contribution in [3.8, 4) is 11.1 Å². The molecule has 0 bridgehead atoms. The Bertz CT molecular complexity index is 1660. The van der Waals surface area contributed by atoms with Gasteiger partial charge in [0.05, 0.1) is 36.1 Å². The highest BCUT2D eigenvalue weighted by Gasteiger charge is 2.38. The van der Waals surface area contributed by atoms with Crippen molar-refractivity contribution in [1.29, 1.82) is 0 Å². The Morgan fingerprint density at radius 2 is 1.81 bits per heavy atom. The summed E-state index contributed by atoms with van der Waals surface area (Å²) in [7, 11) is 2.08. The van der Waals surface area contributed by atoms with Gasteiger partial charge in [0, 0.05) is 30.4 Å². The molecule has 5 aromatic rings. The number of aliphatic hydroxyl groups is 1. The highest BCUT2D eigenvalue weighted by Crippen LogP contribution is 2.42. The van der Waals surface area contributed by atoms with Gasteiger partial charge < -0.3 is 14.2 Å². The molecule has 5 nitrogen and oxygen atoms in total. The third kappa shape index (κ3) is 4.06. The van der Waals surface area contributed by atoms with Gasteiger partial charge in [-0.3, -0.25) is 4.79 Å². The van der Waals surface area contributed by atoms with Crippen molar-refractivity contribution in [2.45, 2.75) is 25.2 Å². The Morgan fingerprint density at radius 1 is 1.03 bits per heavy atom. The minimum absolute atomic E-state index is 0.0735. The van der Waals surface area contributed by atoms with E-state index in [2.05, 4.69) is 48.9 Å². The Balaban J connectivity index is 1.82. The first kappa shape index (κ1) is 24.7. The molecule has 1 N–H and O–H groups in total. The lowest BCUT2D eigenvalue weighted by atomic mass is 9.87. The molecule has 5 rings (SSSR count). The Labute approximate surface area is 220 Å². The summed E-state index contributed by atoms with van der Waals surface area (Å²) < 4.78 is 4.06. The van der Waals surface area contributed by atoms with E-state index >= 15 is 0 Å². The van der Waals surface area contributed by atoms with Crippen LogP contribution < -0.4 is 10.7 Å². The molecule has 0 spiro atoms. The van der Waals surface area contributed by atoms with Gasteiger partial charge in [-0.25, -0.2) is 4.98 Å². The molecule has 3 heterocycles. The number of nitrogens with zero attached hydrogens (tertiary/aromatic N) is 3. The SMILES string of the molecule is Cn1cncc1C(O)(c1ccc2c(c1)c(-c1cccc([Si](C)(C)C)c1)cc(=O)n2C)c1ccc(Cl)s1. The minimum Gasteiger partial charge on any atom is -0.374 e. The number of rotatable bonds is 5. The average molecular weight is 534 g/mol. The predicted octanol–water partition coefficient (Wildman–Crippen LogP) is 5.48. The molecule has 1 unspecified atom stereocenters. The largest absolute Gasteiger partial charge is 0.374 e. The molecule has 1 atom stereocenters. The van der Waals surface area contributed by atoms with Crippen LogP contribution in [0.25, 0.3) is 22.0 Å². The van der Waals surface area contributed by atoms with E-state index in [1.54, 1.807) is 36.3 Å². The summed E-state index contributed by atoms with van der Waals surface area (Å²) in [5, 5.41) is 14.5. The highest BCUT2D eigenvalue weighted by molar-refractivity contribution is 7.16. The highest BCUT2D eigenvalue weighted by atomic mass is 35.5. The summed E-state index contributed by atoms with van der Waals surface area (Å²) in [6.07, 6.45) is 3.35. The molecule has 0 aliphatic rings. The van der Waals surface area contributed by atoms with E-state index in [0.29, 0.717) is 20.5 Å². The second kappa shape index (κ2) is 8.85. The van der Waals surface area contributed by atoms with Crippen LogP contribution in [0.2, 0.25) is 24.0 Å². The number of hydrogen-bond acceptors (Lipinski definition) is 4. The molecule has 2 aromatic carbocycles. The summed E-state index contributed by atoms with van der Waals surface area (Å²) in [4.78, 5) is 17.9. The van der Waals surface area contributed by atoms with E-state index in [0.717, 1.165) is 22.0 Å². The van der Waals surface area contributed by atoms with Crippen LogP contribution in [-0.4, -0.2) is 27.3 Å². The van der Waals surface area contributed by atoms with Crippen LogP contribution in [0.5, 0.6) is 0 Å². The lowest BCUT2D eigenvalue weighted by Gasteiger charge is -2.29. The van der Waals surface area contributed by atoms with E-state index in [4.69, 9.17) is 11.6 Å². The smallest absolute Gasteiger partial charge is 0.251 e. The molecule has 3 aromatic heterocycles. The molecule has 0 radical (unpaired) electrons. The number of pyridine rings is 1. The fourth-order valence-corrected chi connectivity index (χ4v) is 7.06.